The summed E-state index contributed by atoms with van der Waals surface area (Å²) in [5.41, 5.74) is -11.5. The Bertz CT molecular complexity index is 2580. The second kappa shape index (κ2) is 35.2. The molecule has 0 amide bonds. The molecule has 9 atom stereocenters. The average molecular weight is 1260 g/mol. The first-order chi connectivity index (χ1) is 42.0. The Morgan fingerprint density at radius 1 is 0.466 bits per heavy atom. The highest BCUT2D eigenvalue weighted by Crippen LogP contribution is 2.47. The van der Waals surface area contributed by atoms with Gasteiger partial charge in [-0.25, -0.2) is 19.2 Å². The molecule has 0 N–H and O–H groups in total. The van der Waals surface area contributed by atoms with E-state index < -0.39 is 100 Å². The zero-order valence-electron chi connectivity index (χ0n) is 51.4. The van der Waals surface area contributed by atoms with Crippen LogP contribution in [0.15, 0.2) is 103 Å². The van der Waals surface area contributed by atoms with Crippen molar-refractivity contribution in [3.05, 3.63) is 119 Å². The first kappa shape index (κ1) is 73.2. The predicted molar refractivity (Wildman–Crippen MR) is 311 cm³/mol. The van der Waals surface area contributed by atoms with E-state index in [-0.39, 0.29) is 57.0 Å². The summed E-state index contributed by atoms with van der Waals surface area (Å²) in [4.78, 5) is 54.4. The Labute approximate surface area is 512 Å². The molecule has 21 heteroatoms. The highest BCUT2D eigenvalue weighted by molar-refractivity contribution is 5.90. The van der Waals surface area contributed by atoms with Crippen LogP contribution in [0.25, 0.3) is 0 Å². The molecular formula is C67H89F9O12. The first-order valence-electron chi connectivity index (χ1n) is 31.2. The molecule has 0 bridgehead atoms. The molecule has 0 radical (unpaired) electrons. The molecule has 5 rings (SSSR count). The Kier molecular flexibility index (Phi) is 29.3. The van der Waals surface area contributed by atoms with Crippen LogP contribution >= 0.6 is 0 Å². The highest BCUT2D eigenvalue weighted by Gasteiger charge is 2.67. The Morgan fingerprint density at radius 3 is 1.10 bits per heavy atom. The molecule has 12 nitrogen and oxygen atoms in total. The Hall–Kier alpha value is -5.51. The normalized spacial score (nSPS) is 19.5. The van der Waals surface area contributed by atoms with E-state index in [1.807, 2.05) is 0 Å². The number of benzene rings is 3. The summed E-state index contributed by atoms with van der Waals surface area (Å²) in [6, 6.07) is 18.9. The van der Waals surface area contributed by atoms with Crippen molar-refractivity contribution in [1.29, 1.82) is 0 Å². The van der Waals surface area contributed by atoms with Crippen LogP contribution in [0.4, 0.5) is 39.5 Å². The zero-order chi connectivity index (χ0) is 64.4. The maximum atomic E-state index is 15.3. The van der Waals surface area contributed by atoms with Gasteiger partial charge in [0.1, 0.15) is 24.4 Å². The number of hydrogen-bond donors (Lipinski definition) is 0. The fourth-order valence-corrected chi connectivity index (χ4v) is 11.9. The molecule has 0 aromatic heterocycles. The third-order valence-electron chi connectivity index (χ3n) is 16.8. The first-order valence-corrected chi connectivity index (χ1v) is 31.2. The molecule has 0 unspecified atom stereocenters. The molecule has 492 valence electrons. The predicted octanol–water partition coefficient (Wildman–Crippen LogP) is 16.8. The summed E-state index contributed by atoms with van der Waals surface area (Å²) < 4.78 is 181. The van der Waals surface area contributed by atoms with Gasteiger partial charge in [0.25, 0.3) is 16.8 Å². The zero-order valence-corrected chi connectivity index (χ0v) is 51.4. The number of unbranched alkanes of at least 4 members (excludes halogenated alkanes) is 16. The number of cyclic esters (lactones) is 1. The summed E-state index contributed by atoms with van der Waals surface area (Å²) in [6.45, 7) is 3.91. The summed E-state index contributed by atoms with van der Waals surface area (Å²) >= 11 is 0. The maximum Gasteiger partial charge on any atom is 0.432 e. The lowest BCUT2D eigenvalue weighted by atomic mass is 9.92. The van der Waals surface area contributed by atoms with Crippen molar-refractivity contribution in [2.75, 3.05) is 21.3 Å². The summed E-state index contributed by atoms with van der Waals surface area (Å²) in [5.74, 6) is -5.51. The minimum Gasteiger partial charge on any atom is -0.460 e. The van der Waals surface area contributed by atoms with Gasteiger partial charge in [0.2, 0.25) is 0 Å². The van der Waals surface area contributed by atoms with Crippen molar-refractivity contribution in [2.24, 2.45) is 0 Å². The second-order valence-corrected chi connectivity index (χ2v) is 23.0. The van der Waals surface area contributed by atoms with E-state index in [2.05, 4.69) is 6.92 Å². The number of carbonyl (C=O) groups is 4. The molecule has 2 aliphatic heterocycles. The number of carbonyl (C=O) groups excluding carboxylic acids is 4. The minimum atomic E-state index is -5.35. The van der Waals surface area contributed by atoms with Gasteiger partial charge in [0.05, 0.1) is 12.2 Å². The number of ether oxygens (including phenoxy) is 8. The van der Waals surface area contributed by atoms with E-state index in [9.17, 15) is 32.3 Å². The summed E-state index contributed by atoms with van der Waals surface area (Å²) in [5, 5.41) is 0. The van der Waals surface area contributed by atoms with Crippen molar-refractivity contribution in [1.82, 2.24) is 0 Å². The van der Waals surface area contributed by atoms with Crippen molar-refractivity contribution in [3.8, 4) is 0 Å². The number of esters is 4. The van der Waals surface area contributed by atoms with Gasteiger partial charge in [-0.1, -0.05) is 188 Å². The molecule has 88 heavy (non-hydrogen) atoms. The van der Waals surface area contributed by atoms with Crippen LogP contribution in [-0.2, 0) is 73.9 Å². The van der Waals surface area contributed by atoms with E-state index in [0.717, 1.165) is 122 Å². The monoisotopic (exact) mass is 1260 g/mol. The van der Waals surface area contributed by atoms with Gasteiger partial charge < -0.3 is 37.9 Å². The second-order valence-electron chi connectivity index (χ2n) is 23.0. The molecule has 2 heterocycles. The van der Waals surface area contributed by atoms with Gasteiger partial charge >= 0.3 is 42.4 Å². The molecule has 0 spiro atoms. The van der Waals surface area contributed by atoms with Crippen molar-refractivity contribution in [2.45, 2.75) is 253 Å². The van der Waals surface area contributed by atoms with Crippen LogP contribution in [-0.4, -0.2) is 100 Å². The molecule has 0 saturated carbocycles. The smallest absolute Gasteiger partial charge is 0.432 e. The van der Waals surface area contributed by atoms with E-state index in [4.69, 9.17) is 37.9 Å². The molecule has 0 aliphatic carbocycles. The lowest BCUT2D eigenvalue weighted by molar-refractivity contribution is -0.281. The topological polar surface area (TPSA) is 142 Å². The maximum absolute atomic E-state index is 15.3. The molecule has 1 fully saturated rings. The van der Waals surface area contributed by atoms with E-state index >= 15 is 26.3 Å². The largest absolute Gasteiger partial charge is 0.460 e. The SMILES string of the molecule is CCCCCCCCCCCC[C@@H](OC(=O)[C@](OC)(c1ccccc1)C(F)(F)F)[C@H]1CC[C@H]([C@@H](CCCCCC[C@@H](CCCCCCCC2=C[C@H](C)OC2=O)OC(=O)[C@](OC)(c2ccccc2)C(F)(F)F)OC(=O)[C@](OC)(c2ccccc2)C(F)(F)F)O1. The van der Waals surface area contributed by atoms with Crippen LogP contribution in [0.5, 0.6) is 0 Å². The van der Waals surface area contributed by atoms with Crippen LogP contribution in [0.1, 0.15) is 197 Å². The molecule has 3 aromatic rings. The number of rotatable bonds is 40. The van der Waals surface area contributed by atoms with Crippen molar-refractivity contribution in [3.63, 3.8) is 0 Å². The standard InChI is InChI=1S/C67H89F9O12/c1-6-7-8-9-10-11-12-13-17-32-43-54(87-60(79)63(82-4,66(71,72)73)51-37-26-21-27-38-51)56-45-46-57(86-56)55(88-61(80)64(83-5,67(74,75)76)52-39-28-22-29-40-52)44-33-19-18-31-42-53(41-30-16-14-15-23-34-49-47-48(2)84-58(49)77)85-59(78)62(81-3,65(68,69)70)50-35-24-20-25-36-50/h20-22,24-29,35-40,47-48,53-57H,6-19,23,30-34,41-46H2,1-5H3/t48-,53+,54+,55+,56+,57+,62+,63+,64+/m0/s1. The lowest BCUT2D eigenvalue weighted by Gasteiger charge is -2.36. The van der Waals surface area contributed by atoms with E-state index in [1.165, 1.54) is 54.6 Å². The molecular weight excluding hydrogens is 1170 g/mol. The fourth-order valence-electron chi connectivity index (χ4n) is 11.9. The summed E-state index contributed by atoms with van der Waals surface area (Å²) in [7, 11) is 2.26. The number of halogens is 9. The Balaban J connectivity index is 1.35. The number of alkyl halides is 9. The highest BCUT2D eigenvalue weighted by atomic mass is 19.4. The van der Waals surface area contributed by atoms with Gasteiger partial charge in [-0.15, -0.1) is 0 Å². The molecule has 2 aliphatic rings. The van der Waals surface area contributed by atoms with Gasteiger partial charge in [-0.2, -0.15) is 39.5 Å². The molecule has 1 saturated heterocycles. The van der Waals surface area contributed by atoms with Gasteiger partial charge in [0.15, 0.2) is 0 Å². The minimum absolute atomic E-state index is 0.0301. The van der Waals surface area contributed by atoms with E-state index in [0.29, 0.717) is 63.4 Å². The van der Waals surface area contributed by atoms with Crippen LogP contribution < -0.4 is 0 Å². The number of methoxy groups -OCH3 is 3. The molecule has 3 aromatic carbocycles. The third kappa shape index (κ3) is 19.3. The third-order valence-corrected chi connectivity index (χ3v) is 16.8. The number of hydrogen-bond acceptors (Lipinski definition) is 12. The van der Waals surface area contributed by atoms with Crippen LogP contribution in [0, 0.1) is 0 Å². The van der Waals surface area contributed by atoms with Gasteiger partial charge in [-0.3, -0.25) is 0 Å². The average Bonchev–Trinajstić information content (AvgIpc) is 0.963. The van der Waals surface area contributed by atoms with Crippen LogP contribution in [0.2, 0.25) is 0 Å². The van der Waals surface area contributed by atoms with Gasteiger partial charge in [0, 0.05) is 43.6 Å². The van der Waals surface area contributed by atoms with Crippen LogP contribution in [0.3, 0.4) is 0 Å². The van der Waals surface area contributed by atoms with E-state index in [1.54, 1.807) is 13.0 Å². The van der Waals surface area contributed by atoms with Gasteiger partial charge in [-0.05, 0) is 90.0 Å². The summed E-state index contributed by atoms with van der Waals surface area (Å²) in [6.07, 6.45) is -5.39. The van der Waals surface area contributed by atoms with Crippen molar-refractivity contribution >= 4 is 23.9 Å². The van der Waals surface area contributed by atoms with Crippen molar-refractivity contribution < 1.29 is 96.6 Å². The quantitative estimate of drug-likeness (QED) is 0.0231. The fraction of sp³-hybridized carbons (Fsp3) is 0.642. The Morgan fingerprint density at radius 2 is 0.784 bits per heavy atom. The lowest BCUT2D eigenvalue weighted by Crippen LogP contribution is -2.53.